The molecule has 7 heteroatoms. The number of fused-ring (bicyclic) bond motifs is 3. The molecular formula is C22H25N5O2. The molecule has 3 atom stereocenters. The fourth-order valence-electron chi connectivity index (χ4n) is 4.28. The van der Waals surface area contributed by atoms with Crippen LogP contribution in [0, 0.1) is 0 Å². The molecule has 2 N–H and O–H groups in total. The first-order valence-electron chi connectivity index (χ1n) is 10.2. The molecule has 150 valence electrons. The van der Waals surface area contributed by atoms with Crippen LogP contribution in [0.3, 0.4) is 0 Å². The van der Waals surface area contributed by atoms with Crippen LogP contribution < -0.4 is 5.73 Å². The topological polar surface area (TPSA) is 89.8 Å². The van der Waals surface area contributed by atoms with Gasteiger partial charge in [0.2, 0.25) is 0 Å². The molecular weight excluding hydrogens is 366 g/mol. The van der Waals surface area contributed by atoms with Gasteiger partial charge in [-0.3, -0.25) is 14.9 Å². The van der Waals surface area contributed by atoms with E-state index in [0.717, 1.165) is 42.0 Å². The molecule has 2 bridgehead atoms. The van der Waals surface area contributed by atoms with Gasteiger partial charge < -0.3 is 14.9 Å². The summed E-state index contributed by atoms with van der Waals surface area (Å²) in [6.07, 6.45) is 8.08. The van der Waals surface area contributed by atoms with E-state index in [9.17, 15) is 0 Å². The number of nitrogen functional groups attached to an aromatic ring is 1. The van der Waals surface area contributed by atoms with Crippen LogP contribution >= 0.6 is 0 Å². The normalized spacial score (nSPS) is 23.2. The lowest BCUT2D eigenvalue weighted by atomic mass is 10.1. The van der Waals surface area contributed by atoms with E-state index in [1.54, 1.807) is 0 Å². The Labute approximate surface area is 169 Å². The molecule has 0 spiro atoms. The maximum Gasteiger partial charge on any atom is 0.292 e. The van der Waals surface area contributed by atoms with Crippen molar-refractivity contribution in [3.63, 3.8) is 0 Å². The van der Waals surface area contributed by atoms with Crippen molar-refractivity contribution >= 4 is 29.0 Å². The molecule has 2 fully saturated rings. The summed E-state index contributed by atoms with van der Waals surface area (Å²) in [6.45, 7) is 4.22. The minimum atomic E-state index is 0.175. The summed E-state index contributed by atoms with van der Waals surface area (Å²) in [6, 6.07) is 10.2. The monoisotopic (exact) mass is 391 g/mol. The third kappa shape index (κ3) is 3.75. The Morgan fingerprint density at radius 3 is 2.79 bits per heavy atom. The van der Waals surface area contributed by atoms with Crippen LogP contribution in [-0.2, 0) is 4.74 Å². The van der Waals surface area contributed by atoms with E-state index in [4.69, 9.17) is 19.9 Å². The maximum absolute atomic E-state index is 5.95. The Bertz CT molecular complexity index is 1020. The molecule has 1 aromatic carbocycles. The number of benzene rings is 1. The predicted molar refractivity (Wildman–Crippen MR) is 113 cm³/mol. The summed E-state index contributed by atoms with van der Waals surface area (Å²) >= 11 is 0. The third-order valence-corrected chi connectivity index (χ3v) is 5.80. The zero-order chi connectivity index (χ0) is 19.8. The third-order valence-electron chi connectivity index (χ3n) is 5.80. The smallest absolute Gasteiger partial charge is 0.292 e. The van der Waals surface area contributed by atoms with Gasteiger partial charge in [-0.15, -0.1) is 0 Å². The Morgan fingerprint density at radius 1 is 1.24 bits per heavy atom. The van der Waals surface area contributed by atoms with Crippen molar-refractivity contribution < 1.29 is 9.15 Å². The lowest BCUT2D eigenvalue weighted by molar-refractivity contribution is -0.0442. The molecule has 29 heavy (non-hydrogen) atoms. The summed E-state index contributed by atoms with van der Waals surface area (Å²) in [5.41, 5.74) is 9.72. The minimum absolute atomic E-state index is 0.175. The van der Waals surface area contributed by atoms with E-state index in [-0.39, 0.29) is 6.01 Å². The lowest BCUT2D eigenvalue weighted by Gasteiger charge is -2.36. The SMILES string of the molecule is CCC(C=Nc1ccc(-c2ccc3oc(N)nc3c2)nc1)N1CC2CCC(C1)O2. The van der Waals surface area contributed by atoms with Gasteiger partial charge in [-0.1, -0.05) is 6.92 Å². The number of nitrogens with two attached hydrogens (primary N) is 1. The highest BCUT2D eigenvalue weighted by Gasteiger charge is 2.35. The van der Waals surface area contributed by atoms with E-state index in [2.05, 4.69) is 28.0 Å². The highest BCUT2D eigenvalue weighted by atomic mass is 16.5. The second-order valence-electron chi connectivity index (χ2n) is 7.80. The Kier molecular flexibility index (Phi) is 4.77. The first-order chi connectivity index (χ1) is 14.2. The average Bonchev–Trinajstić information content (AvgIpc) is 3.28. The van der Waals surface area contributed by atoms with Gasteiger partial charge in [0.25, 0.3) is 6.01 Å². The minimum Gasteiger partial charge on any atom is -0.424 e. The van der Waals surface area contributed by atoms with E-state index in [1.807, 2.05) is 36.5 Å². The molecule has 0 aliphatic carbocycles. The summed E-state index contributed by atoms with van der Waals surface area (Å²) in [5.74, 6) is 0. The number of hydrogen-bond donors (Lipinski definition) is 1. The number of ether oxygens (including phenoxy) is 1. The molecule has 5 rings (SSSR count). The van der Waals surface area contributed by atoms with E-state index < -0.39 is 0 Å². The summed E-state index contributed by atoms with van der Waals surface area (Å²) in [4.78, 5) is 16.0. The van der Waals surface area contributed by atoms with Gasteiger partial charge in [-0.2, -0.15) is 4.98 Å². The molecule has 0 amide bonds. The van der Waals surface area contributed by atoms with Gasteiger partial charge in [0, 0.05) is 30.9 Å². The number of nitrogens with zero attached hydrogens (tertiary/aromatic N) is 4. The highest BCUT2D eigenvalue weighted by molar-refractivity contribution is 5.80. The summed E-state index contributed by atoms with van der Waals surface area (Å²) in [7, 11) is 0. The number of aliphatic imine (C=N–C) groups is 1. The van der Waals surface area contributed by atoms with Gasteiger partial charge in [-0.25, -0.2) is 0 Å². The molecule has 2 aromatic heterocycles. The first-order valence-corrected chi connectivity index (χ1v) is 10.2. The second kappa shape index (κ2) is 7.57. The van der Waals surface area contributed by atoms with E-state index in [0.29, 0.717) is 23.8 Å². The van der Waals surface area contributed by atoms with Gasteiger partial charge >= 0.3 is 0 Å². The summed E-state index contributed by atoms with van der Waals surface area (Å²) in [5, 5.41) is 0. The van der Waals surface area contributed by atoms with Gasteiger partial charge in [0.1, 0.15) is 5.52 Å². The summed E-state index contributed by atoms with van der Waals surface area (Å²) < 4.78 is 11.3. The largest absolute Gasteiger partial charge is 0.424 e. The number of hydrogen-bond acceptors (Lipinski definition) is 7. The van der Waals surface area contributed by atoms with Crippen molar-refractivity contribution in [2.75, 3.05) is 18.8 Å². The Balaban J connectivity index is 1.30. The number of rotatable bonds is 5. The molecule has 3 unspecified atom stereocenters. The van der Waals surface area contributed by atoms with E-state index in [1.165, 1.54) is 12.8 Å². The van der Waals surface area contributed by atoms with E-state index >= 15 is 0 Å². The van der Waals surface area contributed by atoms with Crippen LogP contribution in [0.2, 0.25) is 0 Å². The molecule has 2 aliphatic heterocycles. The quantitative estimate of drug-likeness (QED) is 0.665. The lowest BCUT2D eigenvalue weighted by Crippen LogP contribution is -2.48. The van der Waals surface area contributed by atoms with Crippen LogP contribution in [0.5, 0.6) is 0 Å². The standard InChI is InChI=1S/C22H25N5O2/c1-2-16(27-12-17-5-6-18(13-27)28-17)11-24-15-4-7-19(25-10-15)14-3-8-21-20(9-14)26-22(23)29-21/h3-4,7-11,16-18H,2,5-6,12-13H2,1H3,(H2,23,26). The Morgan fingerprint density at radius 2 is 2.07 bits per heavy atom. The fourth-order valence-corrected chi connectivity index (χ4v) is 4.28. The molecule has 0 radical (unpaired) electrons. The maximum atomic E-state index is 5.95. The van der Waals surface area contributed by atoms with Gasteiger partial charge in [0.05, 0.1) is 29.8 Å². The molecule has 0 saturated carbocycles. The van der Waals surface area contributed by atoms with Crippen LogP contribution in [0.15, 0.2) is 45.9 Å². The predicted octanol–water partition coefficient (Wildman–Crippen LogP) is 3.82. The number of oxazole rings is 1. The van der Waals surface area contributed by atoms with Gasteiger partial charge in [0.15, 0.2) is 5.58 Å². The number of morpholine rings is 1. The van der Waals surface area contributed by atoms with Crippen molar-refractivity contribution in [2.45, 2.75) is 44.4 Å². The first kappa shape index (κ1) is 18.3. The fraction of sp³-hybridized carbons (Fsp3) is 0.409. The Hall–Kier alpha value is -2.77. The molecule has 7 nitrogen and oxygen atoms in total. The molecule has 3 aromatic rings. The number of anilines is 1. The number of aromatic nitrogens is 2. The second-order valence-corrected chi connectivity index (χ2v) is 7.80. The molecule has 4 heterocycles. The van der Waals surface area contributed by atoms with Crippen LogP contribution in [0.1, 0.15) is 26.2 Å². The van der Waals surface area contributed by atoms with Crippen LogP contribution in [0.25, 0.3) is 22.4 Å². The number of pyridine rings is 1. The van der Waals surface area contributed by atoms with Crippen molar-refractivity contribution in [3.05, 3.63) is 36.5 Å². The van der Waals surface area contributed by atoms with Crippen molar-refractivity contribution in [2.24, 2.45) is 4.99 Å². The average molecular weight is 391 g/mol. The number of likely N-dealkylation sites (tertiary alicyclic amines) is 1. The van der Waals surface area contributed by atoms with Crippen LogP contribution in [-0.4, -0.2) is 52.4 Å². The van der Waals surface area contributed by atoms with Crippen molar-refractivity contribution in [3.8, 4) is 11.3 Å². The molecule has 2 aliphatic rings. The van der Waals surface area contributed by atoms with Crippen molar-refractivity contribution in [1.82, 2.24) is 14.9 Å². The highest BCUT2D eigenvalue weighted by Crippen LogP contribution is 2.28. The van der Waals surface area contributed by atoms with Gasteiger partial charge in [-0.05, 0) is 49.6 Å². The zero-order valence-corrected chi connectivity index (χ0v) is 16.5. The van der Waals surface area contributed by atoms with Crippen LogP contribution in [0.4, 0.5) is 11.7 Å². The molecule has 2 saturated heterocycles. The van der Waals surface area contributed by atoms with Crippen molar-refractivity contribution in [1.29, 1.82) is 0 Å². The zero-order valence-electron chi connectivity index (χ0n) is 16.5.